The Morgan fingerprint density at radius 2 is 1.85 bits per heavy atom. The minimum absolute atomic E-state index is 0.0345. The maximum absolute atomic E-state index is 15.1. The number of carbonyl (C=O) groups excluding carboxylic acids is 2. The minimum atomic E-state index is -3.18. The van der Waals surface area contributed by atoms with E-state index in [1.807, 2.05) is 0 Å². The normalized spacial score (nSPS) is 19.5. The number of fused-ring (bicyclic) bond motifs is 1. The molecule has 1 aromatic carbocycles. The van der Waals surface area contributed by atoms with Crippen LogP contribution in [0, 0.1) is 0 Å². The van der Waals surface area contributed by atoms with Gasteiger partial charge in [-0.2, -0.15) is 0 Å². The van der Waals surface area contributed by atoms with E-state index in [-0.39, 0.29) is 42.1 Å². The lowest BCUT2D eigenvalue weighted by Gasteiger charge is -2.39. The molecule has 218 valence electrons. The molecule has 41 heavy (non-hydrogen) atoms. The average Bonchev–Trinajstić information content (AvgIpc) is 3.64. The van der Waals surface area contributed by atoms with E-state index in [1.54, 1.807) is 45.0 Å². The van der Waals surface area contributed by atoms with Crippen LogP contribution in [0.2, 0.25) is 0 Å². The number of nitrogens with one attached hydrogen (secondary N) is 1. The number of benzene rings is 1. The number of rotatable bonds is 7. The second-order valence-corrected chi connectivity index (χ2v) is 11.5. The Balaban J connectivity index is 1.45. The van der Waals surface area contributed by atoms with Crippen LogP contribution in [0.1, 0.15) is 50.4 Å². The first kappa shape index (κ1) is 28.4. The molecule has 1 aliphatic carbocycles. The molecule has 4 N–H and O–H groups in total. The molecule has 1 atom stereocenters. The molecule has 1 aliphatic heterocycles. The van der Waals surface area contributed by atoms with Crippen LogP contribution in [-0.2, 0) is 4.74 Å². The van der Waals surface area contributed by atoms with Gasteiger partial charge in [0.1, 0.15) is 41.4 Å². The molecule has 3 heterocycles. The van der Waals surface area contributed by atoms with Crippen LogP contribution in [0.5, 0.6) is 5.75 Å². The second kappa shape index (κ2) is 10.4. The van der Waals surface area contributed by atoms with Crippen LogP contribution in [0.15, 0.2) is 36.7 Å². The van der Waals surface area contributed by atoms with Crippen molar-refractivity contribution in [1.29, 1.82) is 0 Å². The summed E-state index contributed by atoms with van der Waals surface area (Å²) in [7, 11) is 0. The fourth-order valence-electron chi connectivity index (χ4n) is 4.42. The number of amides is 2. The Morgan fingerprint density at radius 1 is 1.15 bits per heavy atom. The van der Waals surface area contributed by atoms with Gasteiger partial charge < -0.3 is 30.5 Å². The smallest absolute Gasteiger partial charge is 0.410 e. The quantitative estimate of drug-likeness (QED) is 0.385. The molecule has 0 spiro atoms. The van der Waals surface area contributed by atoms with Crippen molar-refractivity contribution in [3.8, 4) is 17.0 Å². The topological polar surface area (TPSA) is 153 Å². The first-order valence-corrected chi connectivity index (χ1v) is 13.3. The summed E-state index contributed by atoms with van der Waals surface area (Å²) in [4.78, 5) is 39.1. The summed E-state index contributed by atoms with van der Waals surface area (Å²) in [5.74, 6) is -3.44. The number of carbonyl (C=O) groups is 2. The predicted molar refractivity (Wildman–Crippen MR) is 146 cm³/mol. The van der Waals surface area contributed by atoms with Crippen molar-refractivity contribution in [2.75, 3.05) is 25.0 Å². The Morgan fingerprint density at radius 3 is 2.49 bits per heavy atom. The highest BCUT2D eigenvalue weighted by Crippen LogP contribution is 2.36. The molecule has 2 fully saturated rings. The predicted octanol–water partition coefficient (Wildman–Crippen LogP) is 3.75. The van der Waals surface area contributed by atoms with Crippen LogP contribution in [-0.4, -0.2) is 79.8 Å². The van der Waals surface area contributed by atoms with Crippen molar-refractivity contribution < 1.29 is 33.0 Å². The SMILES string of the molecule is CC(C)(C)OC(=O)N1CCC(F)(F)[C@H](Nc2ncnc3c(C(N)=O)cc(-c4ccc(OCC5(O)CC5)cc4)nc23)C1. The number of anilines is 1. The number of halogens is 2. The lowest BCUT2D eigenvalue weighted by Crippen LogP contribution is -2.56. The lowest BCUT2D eigenvalue weighted by atomic mass is 10.0. The number of nitrogens with zero attached hydrogens (tertiary/aromatic N) is 4. The number of piperidine rings is 1. The van der Waals surface area contributed by atoms with E-state index < -0.39 is 41.6 Å². The number of likely N-dealkylation sites (tertiary alicyclic amines) is 1. The summed E-state index contributed by atoms with van der Waals surface area (Å²) < 4.78 is 41.1. The van der Waals surface area contributed by atoms with Crippen LogP contribution in [0.25, 0.3) is 22.3 Å². The van der Waals surface area contributed by atoms with E-state index in [0.717, 1.165) is 6.33 Å². The number of hydrogen-bond donors (Lipinski definition) is 3. The van der Waals surface area contributed by atoms with Crippen molar-refractivity contribution in [3.05, 3.63) is 42.2 Å². The summed E-state index contributed by atoms with van der Waals surface area (Å²) in [5, 5.41) is 12.7. The summed E-state index contributed by atoms with van der Waals surface area (Å²) in [6.07, 6.45) is 1.26. The molecule has 13 heteroatoms. The number of hydrogen-bond acceptors (Lipinski definition) is 9. The van der Waals surface area contributed by atoms with Gasteiger partial charge in [-0.25, -0.2) is 28.5 Å². The third-order valence-corrected chi connectivity index (χ3v) is 6.93. The second-order valence-electron chi connectivity index (χ2n) is 11.5. The van der Waals surface area contributed by atoms with Gasteiger partial charge in [-0.15, -0.1) is 0 Å². The average molecular weight is 571 g/mol. The van der Waals surface area contributed by atoms with Crippen molar-refractivity contribution in [2.45, 2.75) is 63.2 Å². The fraction of sp³-hybridized carbons (Fsp3) is 0.464. The first-order valence-electron chi connectivity index (χ1n) is 13.3. The van der Waals surface area contributed by atoms with Gasteiger partial charge >= 0.3 is 6.09 Å². The zero-order valence-electron chi connectivity index (χ0n) is 23.0. The Hall–Kier alpha value is -4.13. The number of alkyl halides is 2. The van der Waals surface area contributed by atoms with E-state index in [9.17, 15) is 14.7 Å². The lowest BCUT2D eigenvalue weighted by molar-refractivity contribution is -0.0683. The monoisotopic (exact) mass is 570 g/mol. The van der Waals surface area contributed by atoms with Gasteiger partial charge in [0.25, 0.3) is 11.8 Å². The summed E-state index contributed by atoms with van der Waals surface area (Å²) in [6, 6.07) is 6.80. The van der Waals surface area contributed by atoms with Crippen LogP contribution >= 0.6 is 0 Å². The van der Waals surface area contributed by atoms with Gasteiger partial charge in [-0.3, -0.25) is 4.79 Å². The zero-order chi connectivity index (χ0) is 29.6. The number of nitrogens with two attached hydrogens (primary N) is 1. The van der Waals surface area contributed by atoms with E-state index in [1.165, 1.54) is 11.0 Å². The van der Waals surface area contributed by atoms with E-state index >= 15 is 8.78 Å². The Bertz CT molecular complexity index is 1470. The fourth-order valence-corrected chi connectivity index (χ4v) is 4.42. The minimum Gasteiger partial charge on any atom is -0.491 e. The Labute approximate surface area is 235 Å². The number of ether oxygens (including phenoxy) is 2. The van der Waals surface area contributed by atoms with Gasteiger partial charge in [-0.1, -0.05) is 0 Å². The highest BCUT2D eigenvalue weighted by molar-refractivity contribution is 6.06. The molecule has 0 radical (unpaired) electrons. The number of pyridine rings is 1. The van der Waals surface area contributed by atoms with Gasteiger partial charge in [0.15, 0.2) is 5.82 Å². The summed E-state index contributed by atoms with van der Waals surface area (Å²) >= 11 is 0. The molecule has 3 aromatic rings. The van der Waals surface area contributed by atoms with Crippen molar-refractivity contribution in [2.24, 2.45) is 5.73 Å². The van der Waals surface area contributed by atoms with Gasteiger partial charge in [0, 0.05) is 18.5 Å². The van der Waals surface area contributed by atoms with Crippen LogP contribution < -0.4 is 15.8 Å². The maximum atomic E-state index is 15.1. The largest absolute Gasteiger partial charge is 0.491 e. The van der Waals surface area contributed by atoms with Crippen molar-refractivity contribution in [1.82, 2.24) is 19.9 Å². The van der Waals surface area contributed by atoms with Crippen LogP contribution in [0.4, 0.5) is 19.4 Å². The number of aromatic nitrogens is 3. The molecule has 0 bridgehead atoms. The zero-order valence-corrected chi connectivity index (χ0v) is 23.0. The Kier molecular flexibility index (Phi) is 7.18. The van der Waals surface area contributed by atoms with Crippen molar-refractivity contribution >= 4 is 28.9 Å². The third kappa shape index (κ3) is 6.45. The summed E-state index contributed by atoms with van der Waals surface area (Å²) in [5.41, 5.74) is 5.24. The number of aliphatic hydroxyl groups is 1. The summed E-state index contributed by atoms with van der Waals surface area (Å²) in [6.45, 7) is 4.78. The van der Waals surface area contributed by atoms with E-state index in [2.05, 4.69) is 20.3 Å². The van der Waals surface area contributed by atoms with E-state index in [0.29, 0.717) is 29.8 Å². The third-order valence-electron chi connectivity index (χ3n) is 6.93. The molecule has 2 aliphatic rings. The van der Waals surface area contributed by atoms with Crippen molar-refractivity contribution in [3.63, 3.8) is 0 Å². The van der Waals surface area contributed by atoms with E-state index in [4.69, 9.17) is 15.2 Å². The molecule has 2 aromatic heterocycles. The molecule has 1 saturated heterocycles. The molecule has 11 nitrogen and oxygen atoms in total. The molecular formula is C28H32F2N6O5. The molecular weight excluding hydrogens is 538 g/mol. The molecule has 1 saturated carbocycles. The van der Waals surface area contributed by atoms with Gasteiger partial charge in [0.2, 0.25) is 0 Å². The molecule has 5 rings (SSSR count). The number of primary amides is 1. The van der Waals surface area contributed by atoms with Gasteiger partial charge in [-0.05, 0) is 63.9 Å². The standard InChI is InChI=1S/C28H32F2N6O5/c1-26(2,3)41-25(38)36-11-10-28(29,30)20(13-36)35-24-22-21(32-15-33-24)18(23(31)37)12-19(34-22)16-4-6-17(7-5-16)40-14-27(39)8-9-27/h4-7,12,15,20,39H,8-11,13-14H2,1-3H3,(H2,31,37)(H,32,33,35)/t20-/m1/s1. The van der Waals surface area contributed by atoms with Gasteiger partial charge in [0.05, 0.1) is 23.4 Å². The molecule has 0 unspecified atom stereocenters. The highest BCUT2D eigenvalue weighted by Gasteiger charge is 2.46. The first-order chi connectivity index (χ1) is 19.2. The van der Waals surface area contributed by atoms with Crippen LogP contribution in [0.3, 0.4) is 0 Å². The maximum Gasteiger partial charge on any atom is 0.410 e. The highest BCUT2D eigenvalue weighted by atomic mass is 19.3. The molecule has 2 amide bonds.